The third-order valence-electron chi connectivity index (χ3n) is 5.85. The predicted octanol–water partition coefficient (Wildman–Crippen LogP) is 5.49. The molecular weight excluding hydrogens is 372 g/mol. The van der Waals surface area contributed by atoms with E-state index in [0.29, 0.717) is 5.88 Å². The molecule has 1 aliphatic rings. The summed E-state index contributed by atoms with van der Waals surface area (Å²) in [6.45, 7) is 4.13. The molecule has 5 rings (SSSR count). The van der Waals surface area contributed by atoms with Crippen LogP contribution < -0.4 is 4.74 Å². The van der Waals surface area contributed by atoms with Crippen LogP contribution >= 0.6 is 0 Å². The Morgan fingerprint density at radius 2 is 1.87 bits per heavy atom. The van der Waals surface area contributed by atoms with Crippen LogP contribution in [0.3, 0.4) is 0 Å². The molecule has 0 radical (unpaired) electrons. The summed E-state index contributed by atoms with van der Waals surface area (Å²) in [6, 6.07) is 22.8. The first-order valence-electron chi connectivity index (χ1n) is 9.88. The van der Waals surface area contributed by atoms with Gasteiger partial charge in [0.15, 0.2) is 0 Å². The van der Waals surface area contributed by atoms with Crippen LogP contribution in [0.25, 0.3) is 22.0 Å². The van der Waals surface area contributed by atoms with E-state index in [0.717, 1.165) is 38.7 Å². The lowest BCUT2D eigenvalue weighted by Crippen LogP contribution is -2.31. The van der Waals surface area contributed by atoms with Crippen molar-refractivity contribution in [2.75, 3.05) is 0 Å². The lowest BCUT2D eigenvalue weighted by molar-refractivity contribution is 0.438. The first-order chi connectivity index (χ1) is 14.6. The number of benzene rings is 3. The van der Waals surface area contributed by atoms with Gasteiger partial charge in [-0.25, -0.2) is 0 Å². The van der Waals surface area contributed by atoms with Gasteiger partial charge in [0.05, 0.1) is 17.3 Å². The van der Waals surface area contributed by atoms with Gasteiger partial charge in [0.25, 0.3) is 0 Å². The third-order valence-corrected chi connectivity index (χ3v) is 5.85. The van der Waals surface area contributed by atoms with Crippen molar-refractivity contribution < 1.29 is 4.74 Å². The van der Waals surface area contributed by atoms with Gasteiger partial charge in [-0.2, -0.15) is 5.26 Å². The molecule has 0 fully saturated rings. The molecule has 0 saturated carbocycles. The second-order valence-electron chi connectivity index (χ2n) is 7.75. The number of fused-ring (bicyclic) bond motifs is 2. The van der Waals surface area contributed by atoms with Gasteiger partial charge >= 0.3 is 0 Å². The van der Waals surface area contributed by atoms with Crippen LogP contribution in [0.1, 0.15) is 28.2 Å². The van der Waals surface area contributed by atoms with Crippen molar-refractivity contribution in [3.8, 4) is 23.2 Å². The van der Waals surface area contributed by atoms with E-state index < -0.39 is 5.92 Å². The van der Waals surface area contributed by atoms with Gasteiger partial charge in [-0.1, -0.05) is 66.2 Å². The number of hydrogen-bond acceptors (Lipinski definition) is 4. The third kappa shape index (κ3) is 2.69. The quantitative estimate of drug-likeness (QED) is 0.473. The Morgan fingerprint density at radius 1 is 1.07 bits per heavy atom. The van der Waals surface area contributed by atoms with E-state index >= 15 is 0 Å². The molecule has 5 heteroatoms. The lowest BCUT2D eigenvalue weighted by atomic mass is 9.77. The number of hydrogen-bond donors (Lipinski definition) is 2. The summed E-state index contributed by atoms with van der Waals surface area (Å²) in [4.78, 5) is 0. The monoisotopic (exact) mass is 392 g/mol. The Morgan fingerprint density at radius 3 is 2.67 bits per heavy atom. The minimum Gasteiger partial charge on any atom is -0.422 e. The van der Waals surface area contributed by atoms with Crippen LogP contribution in [0, 0.1) is 36.5 Å². The molecule has 2 unspecified atom stereocenters. The molecule has 0 amide bonds. The van der Waals surface area contributed by atoms with Crippen LogP contribution in [0.15, 0.2) is 60.7 Å². The van der Waals surface area contributed by atoms with Gasteiger partial charge < -0.3 is 4.74 Å². The summed E-state index contributed by atoms with van der Waals surface area (Å²) in [7, 11) is 0. The molecule has 2 heterocycles. The molecule has 30 heavy (non-hydrogen) atoms. The summed E-state index contributed by atoms with van der Waals surface area (Å²) >= 11 is 0. The molecule has 3 aromatic carbocycles. The molecule has 2 N–H and O–H groups in total. The van der Waals surface area contributed by atoms with E-state index in [1.54, 1.807) is 0 Å². The maximum atomic E-state index is 9.98. The van der Waals surface area contributed by atoms with Gasteiger partial charge in [-0.3, -0.25) is 10.5 Å². The van der Waals surface area contributed by atoms with Crippen molar-refractivity contribution >= 4 is 16.7 Å². The number of ether oxygens (including phenoxy) is 1. The Hall–Kier alpha value is -3.91. The number of aryl methyl sites for hydroxylation is 2. The number of rotatable bonds is 2. The van der Waals surface area contributed by atoms with Crippen molar-refractivity contribution in [2.24, 2.45) is 5.92 Å². The largest absolute Gasteiger partial charge is 0.422 e. The Labute approximate surface area is 174 Å². The highest BCUT2D eigenvalue weighted by Gasteiger charge is 2.41. The molecule has 0 saturated heterocycles. The summed E-state index contributed by atoms with van der Waals surface area (Å²) in [5.74, 6) is -0.779. The second kappa shape index (κ2) is 6.85. The number of aromatic amines is 1. The van der Waals surface area contributed by atoms with Crippen molar-refractivity contribution in [3.05, 3.63) is 82.9 Å². The molecule has 1 aliphatic heterocycles. The molecule has 0 spiro atoms. The first-order valence-corrected chi connectivity index (χ1v) is 9.88. The van der Waals surface area contributed by atoms with E-state index in [9.17, 15) is 5.26 Å². The zero-order valence-corrected chi connectivity index (χ0v) is 16.7. The SMILES string of the molecule is Cc1ccc(-c2[nH]nc3c2C(c2cccc4ccccc24)C(C#N)C(=N)O3)c(C)c1. The minimum absolute atomic E-state index is 0.0680. The molecule has 0 aliphatic carbocycles. The maximum absolute atomic E-state index is 9.98. The Balaban J connectivity index is 1.81. The van der Waals surface area contributed by atoms with E-state index in [1.807, 2.05) is 24.3 Å². The lowest BCUT2D eigenvalue weighted by Gasteiger charge is -2.29. The average Bonchev–Trinajstić information content (AvgIpc) is 3.15. The molecule has 2 atom stereocenters. The smallest absolute Gasteiger partial charge is 0.244 e. The number of nitriles is 1. The minimum atomic E-state index is -0.731. The average molecular weight is 392 g/mol. The highest BCUT2D eigenvalue weighted by atomic mass is 16.5. The fourth-order valence-corrected chi connectivity index (χ4v) is 4.48. The number of nitrogens with zero attached hydrogens (tertiary/aromatic N) is 2. The molecule has 5 nitrogen and oxygen atoms in total. The highest BCUT2D eigenvalue weighted by Crippen LogP contribution is 2.47. The Bertz CT molecular complexity index is 1340. The predicted molar refractivity (Wildman–Crippen MR) is 117 cm³/mol. The van der Waals surface area contributed by atoms with Gasteiger partial charge in [-0.15, -0.1) is 5.10 Å². The van der Waals surface area contributed by atoms with Crippen molar-refractivity contribution in [1.82, 2.24) is 10.2 Å². The van der Waals surface area contributed by atoms with Crippen molar-refractivity contribution in [3.63, 3.8) is 0 Å². The van der Waals surface area contributed by atoms with Gasteiger partial charge in [0, 0.05) is 11.5 Å². The Kier molecular flexibility index (Phi) is 4.14. The highest BCUT2D eigenvalue weighted by molar-refractivity contribution is 5.92. The molecule has 146 valence electrons. The second-order valence-corrected chi connectivity index (χ2v) is 7.75. The van der Waals surface area contributed by atoms with E-state index in [-0.39, 0.29) is 11.8 Å². The fourth-order valence-electron chi connectivity index (χ4n) is 4.48. The number of nitrogens with one attached hydrogen (secondary N) is 2. The summed E-state index contributed by atoms with van der Waals surface area (Å²) in [5, 5.41) is 28.0. The molecule has 0 bridgehead atoms. The maximum Gasteiger partial charge on any atom is 0.244 e. The normalized spacial score (nSPS) is 18.0. The van der Waals surface area contributed by atoms with Crippen molar-refractivity contribution in [2.45, 2.75) is 19.8 Å². The zero-order chi connectivity index (χ0) is 20.8. The molecule has 4 aromatic rings. The summed E-state index contributed by atoms with van der Waals surface area (Å²) < 4.78 is 5.68. The van der Waals surface area contributed by atoms with Crippen LogP contribution in [0.4, 0.5) is 0 Å². The summed E-state index contributed by atoms with van der Waals surface area (Å²) in [6.07, 6.45) is 0. The zero-order valence-electron chi connectivity index (χ0n) is 16.7. The topological polar surface area (TPSA) is 85.5 Å². The fraction of sp³-hybridized carbons (Fsp3) is 0.160. The van der Waals surface area contributed by atoms with E-state index in [1.165, 1.54) is 5.56 Å². The number of aromatic nitrogens is 2. The van der Waals surface area contributed by atoms with Gasteiger partial charge in [0.1, 0.15) is 5.92 Å². The first kappa shape index (κ1) is 18.1. The standard InChI is InChI=1S/C25H20N4O/c1-14-10-11-17(15(2)12-14)23-22-21(20(13-26)24(27)30-25(22)29-28-23)19-9-5-7-16-6-3-4-8-18(16)19/h3-12,20-21,27H,1-2H3,(H,28,29). The van der Waals surface area contributed by atoms with E-state index in [2.05, 4.69) is 66.5 Å². The molecule has 1 aromatic heterocycles. The number of H-pyrrole nitrogens is 1. The van der Waals surface area contributed by atoms with Crippen LogP contribution in [-0.4, -0.2) is 16.1 Å². The van der Waals surface area contributed by atoms with Crippen LogP contribution in [0.2, 0.25) is 0 Å². The van der Waals surface area contributed by atoms with Crippen molar-refractivity contribution in [1.29, 1.82) is 10.7 Å². The summed E-state index contributed by atoms with van der Waals surface area (Å²) in [5.41, 5.74) is 6.00. The van der Waals surface area contributed by atoms with Crippen LogP contribution in [0.5, 0.6) is 5.88 Å². The van der Waals surface area contributed by atoms with Gasteiger partial charge in [-0.05, 0) is 35.7 Å². The molecular formula is C25H20N4O. The van der Waals surface area contributed by atoms with Crippen LogP contribution in [-0.2, 0) is 0 Å². The van der Waals surface area contributed by atoms with E-state index in [4.69, 9.17) is 10.1 Å². The van der Waals surface area contributed by atoms with Gasteiger partial charge in [0.2, 0.25) is 11.8 Å².